The van der Waals surface area contributed by atoms with Crippen LogP contribution in [0.15, 0.2) is 28.8 Å². The maximum Gasteiger partial charge on any atom is 0.243 e. The number of nitrogens with zero attached hydrogens (tertiary/aromatic N) is 2. The summed E-state index contributed by atoms with van der Waals surface area (Å²) >= 11 is 0. The van der Waals surface area contributed by atoms with Crippen molar-refractivity contribution in [1.29, 1.82) is 0 Å². The quantitative estimate of drug-likeness (QED) is 0.818. The second-order valence-corrected chi connectivity index (χ2v) is 5.54. The van der Waals surface area contributed by atoms with Gasteiger partial charge in [0.15, 0.2) is 5.82 Å². The number of benzene rings is 1. The van der Waals surface area contributed by atoms with Crippen LogP contribution in [0.5, 0.6) is 0 Å². The number of aromatic nitrogens is 2. The van der Waals surface area contributed by atoms with Crippen molar-refractivity contribution in [3.8, 4) is 0 Å². The molecule has 0 spiro atoms. The highest BCUT2D eigenvalue weighted by Crippen LogP contribution is 2.20. The summed E-state index contributed by atoms with van der Waals surface area (Å²) in [7, 11) is 0. The first-order valence-corrected chi connectivity index (χ1v) is 8.01. The van der Waals surface area contributed by atoms with E-state index in [1.807, 2.05) is 45.0 Å². The van der Waals surface area contributed by atoms with Gasteiger partial charge in [0, 0.05) is 24.6 Å². The van der Waals surface area contributed by atoms with E-state index < -0.39 is 0 Å². The van der Waals surface area contributed by atoms with E-state index in [9.17, 15) is 4.79 Å². The summed E-state index contributed by atoms with van der Waals surface area (Å²) in [5.74, 6) is 1.33. The standard InChI is InChI=1S/C17H24N4O2/c1-5-15-20-17(23-21-15)12(4)18-11(3)13-7-9-14(10-8-13)19-16(22)6-2/h7-12,18H,5-6H2,1-4H3,(H,19,22)/t11-,12+/m1/s1. The molecule has 6 heteroatoms. The number of amides is 1. The van der Waals surface area contributed by atoms with Crippen LogP contribution in [-0.4, -0.2) is 16.0 Å². The maximum absolute atomic E-state index is 11.4. The van der Waals surface area contributed by atoms with Gasteiger partial charge >= 0.3 is 0 Å². The number of carbonyl (C=O) groups is 1. The first kappa shape index (κ1) is 17.1. The van der Waals surface area contributed by atoms with Gasteiger partial charge in [0.2, 0.25) is 11.8 Å². The topological polar surface area (TPSA) is 80.0 Å². The summed E-state index contributed by atoms with van der Waals surface area (Å²) in [4.78, 5) is 15.7. The first-order chi connectivity index (χ1) is 11.0. The lowest BCUT2D eigenvalue weighted by molar-refractivity contribution is -0.115. The minimum atomic E-state index is -0.0303. The number of rotatable bonds is 7. The lowest BCUT2D eigenvalue weighted by Gasteiger charge is -2.18. The summed E-state index contributed by atoms with van der Waals surface area (Å²) in [6.07, 6.45) is 1.23. The molecule has 0 aliphatic heterocycles. The highest BCUT2D eigenvalue weighted by molar-refractivity contribution is 5.90. The number of hydrogen-bond acceptors (Lipinski definition) is 5. The summed E-state index contributed by atoms with van der Waals surface area (Å²) < 4.78 is 5.26. The molecule has 0 fully saturated rings. The van der Waals surface area contributed by atoms with Crippen LogP contribution < -0.4 is 10.6 Å². The van der Waals surface area contributed by atoms with Gasteiger partial charge in [0.1, 0.15) is 0 Å². The summed E-state index contributed by atoms with van der Waals surface area (Å²) in [5, 5.41) is 10.2. The Bertz CT molecular complexity index is 636. The van der Waals surface area contributed by atoms with Gasteiger partial charge in [-0.3, -0.25) is 10.1 Å². The van der Waals surface area contributed by atoms with E-state index in [2.05, 4.69) is 27.7 Å². The zero-order chi connectivity index (χ0) is 16.8. The van der Waals surface area contributed by atoms with Gasteiger partial charge in [0.05, 0.1) is 6.04 Å². The molecule has 0 aliphatic rings. The van der Waals surface area contributed by atoms with Crippen LogP contribution in [0.3, 0.4) is 0 Å². The van der Waals surface area contributed by atoms with Crippen molar-refractivity contribution in [3.05, 3.63) is 41.5 Å². The van der Waals surface area contributed by atoms with Crippen molar-refractivity contribution in [2.45, 2.75) is 52.6 Å². The van der Waals surface area contributed by atoms with E-state index >= 15 is 0 Å². The minimum absolute atomic E-state index is 0.0145. The van der Waals surface area contributed by atoms with E-state index in [-0.39, 0.29) is 18.0 Å². The van der Waals surface area contributed by atoms with Gasteiger partial charge < -0.3 is 9.84 Å². The third-order valence-electron chi connectivity index (χ3n) is 3.69. The number of aryl methyl sites for hydroxylation is 1. The fraction of sp³-hybridized carbons (Fsp3) is 0.471. The smallest absolute Gasteiger partial charge is 0.243 e. The second kappa shape index (κ2) is 7.87. The number of carbonyl (C=O) groups excluding carboxylic acids is 1. The average Bonchev–Trinajstić information content (AvgIpc) is 3.04. The lowest BCUT2D eigenvalue weighted by atomic mass is 10.1. The Morgan fingerprint density at radius 1 is 1.17 bits per heavy atom. The molecule has 2 N–H and O–H groups in total. The molecule has 124 valence electrons. The third kappa shape index (κ3) is 4.63. The molecule has 1 amide bonds. The Balaban J connectivity index is 1.96. The van der Waals surface area contributed by atoms with Crippen LogP contribution >= 0.6 is 0 Å². The summed E-state index contributed by atoms with van der Waals surface area (Å²) in [6.45, 7) is 7.90. The molecule has 0 saturated heterocycles. The SMILES string of the molecule is CCC(=O)Nc1ccc([C@@H](C)N[C@@H](C)c2nc(CC)no2)cc1. The molecule has 0 saturated carbocycles. The molecule has 23 heavy (non-hydrogen) atoms. The predicted octanol–water partition coefficient (Wildman–Crippen LogP) is 3.39. The van der Waals surface area contributed by atoms with Crippen molar-refractivity contribution >= 4 is 11.6 Å². The fourth-order valence-corrected chi connectivity index (χ4v) is 2.23. The Labute approximate surface area is 136 Å². The Kier molecular flexibility index (Phi) is 5.87. The normalized spacial score (nSPS) is 13.6. The predicted molar refractivity (Wildman–Crippen MR) is 89.0 cm³/mol. The molecule has 0 radical (unpaired) electrons. The van der Waals surface area contributed by atoms with E-state index in [4.69, 9.17) is 4.52 Å². The lowest BCUT2D eigenvalue weighted by Crippen LogP contribution is -2.22. The Morgan fingerprint density at radius 2 is 1.87 bits per heavy atom. The average molecular weight is 316 g/mol. The number of hydrogen-bond donors (Lipinski definition) is 2. The van der Waals surface area contributed by atoms with Crippen molar-refractivity contribution in [1.82, 2.24) is 15.5 Å². The zero-order valence-electron chi connectivity index (χ0n) is 14.1. The van der Waals surface area contributed by atoms with Gasteiger partial charge in [-0.15, -0.1) is 0 Å². The Morgan fingerprint density at radius 3 is 2.43 bits per heavy atom. The van der Waals surface area contributed by atoms with Gasteiger partial charge in [-0.1, -0.05) is 31.1 Å². The van der Waals surface area contributed by atoms with E-state index in [0.717, 1.165) is 23.5 Å². The van der Waals surface area contributed by atoms with Crippen LogP contribution in [0.4, 0.5) is 5.69 Å². The van der Waals surface area contributed by atoms with Gasteiger partial charge in [-0.25, -0.2) is 0 Å². The van der Waals surface area contributed by atoms with E-state index in [0.29, 0.717) is 12.3 Å². The number of nitrogens with one attached hydrogen (secondary N) is 2. The first-order valence-electron chi connectivity index (χ1n) is 8.01. The van der Waals surface area contributed by atoms with Crippen LogP contribution in [0.1, 0.15) is 63.5 Å². The largest absolute Gasteiger partial charge is 0.338 e. The van der Waals surface area contributed by atoms with E-state index in [1.54, 1.807) is 0 Å². The summed E-state index contributed by atoms with van der Waals surface area (Å²) in [6, 6.07) is 7.92. The van der Waals surface area contributed by atoms with Gasteiger partial charge in [-0.2, -0.15) is 4.98 Å². The van der Waals surface area contributed by atoms with Crippen molar-refractivity contribution in [2.75, 3.05) is 5.32 Å². The molecule has 0 bridgehead atoms. The summed E-state index contributed by atoms with van der Waals surface area (Å²) in [5.41, 5.74) is 1.94. The molecule has 1 aromatic heterocycles. The molecule has 2 rings (SSSR count). The van der Waals surface area contributed by atoms with Crippen LogP contribution in [0.25, 0.3) is 0 Å². The molecule has 2 atom stereocenters. The molecule has 1 heterocycles. The van der Waals surface area contributed by atoms with Crippen LogP contribution in [0.2, 0.25) is 0 Å². The van der Waals surface area contributed by atoms with E-state index in [1.165, 1.54) is 0 Å². The molecule has 1 aromatic carbocycles. The van der Waals surface area contributed by atoms with Crippen LogP contribution in [-0.2, 0) is 11.2 Å². The zero-order valence-corrected chi connectivity index (χ0v) is 14.1. The Hall–Kier alpha value is -2.21. The molecule has 0 aliphatic carbocycles. The van der Waals surface area contributed by atoms with Gasteiger partial charge in [0.25, 0.3) is 0 Å². The monoisotopic (exact) mass is 316 g/mol. The highest BCUT2D eigenvalue weighted by atomic mass is 16.5. The van der Waals surface area contributed by atoms with Gasteiger partial charge in [-0.05, 0) is 31.5 Å². The molecule has 6 nitrogen and oxygen atoms in total. The van der Waals surface area contributed by atoms with Crippen molar-refractivity contribution < 1.29 is 9.32 Å². The van der Waals surface area contributed by atoms with Crippen molar-refractivity contribution in [3.63, 3.8) is 0 Å². The minimum Gasteiger partial charge on any atom is -0.338 e. The molecular weight excluding hydrogens is 292 g/mol. The van der Waals surface area contributed by atoms with Crippen LogP contribution in [0, 0.1) is 0 Å². The van der Waals surface area contributed by atoms with Crippen molar-refractivity contribution in [2.24, 2.45) is 0 Å². The molecule has 0 unspecified atom stereocenters. The maximum atomic E-state index is 11.4. The molecule has 2 aromatic rings. The second-order valence-electron chi connectivity index (χ2n) is 5.54. The molecular formula is C17H24N4O2. The highest BCUT2D eigenvalue weighted by Gasteiger charge is 2.16. The fourth-order valence-electron chi connectivity index (χ4n) is 2.23. The number of anilines is 1. The third-order valence-corrected chi connectivity index (χ3v) is 3.69.